The summed E-state index contributed by atoms with van der Waals surface area (Å²) in [6, 6.07) is 11.0. The van der Waals surface area contributed by atoms with E-state index in [2.05, 4.69) is 0 Å². The van der Waals surface area contributed by atoms with Crippen molar-refractivity contribution < 1.29 is 22.6 Å². The molecule has 2 aromatic carbocycles. The van der Waals surface area contributed by atoms with Crippen LogP contribution in [0.1, 0.15) is 43.9 Å². The quantitative estimate of drug-likeness (QED) is 0.504. The molecule has 0 spiro atoms. The van der Waals surface area contributed by atoms with E-state index in [-0.39, 0.29) is 18.6 Å². The maximum absolute atomic E-state index is 13.1. The Morgan fingerprint density at radius 2 is 1.83 bits per heavy atom. The molecule has 0 fully saturated rings. The van der Waals surface area contributed by atoms with Crippen molar-refractivity contribution in [3.05, 3.63) is 59.2 Å². The summed E-state index contributed by atoms with van der Waals surface area (Å²) in [5.41, 5.74) is 1.18. The zero-order valence-electron chi connectivity index (χ0n) is 17.7. The lowest BCUT2D eigenvalue weighted by molar-refractivity contribution is -0.137. The maximum Gasteiger partial charge on any atom is 0.416 e. The molecule has 0 amide bonds. The second-order valence-corrected chi connectivity index (χ2v) is 8.17. The van der Waals surface area contributed by atoms with Crippen molar-refractivity contribution in [2.45, 2.75) is 45.2 Å². The number of hydrogen-bond acceptors (Lipinski definition) is 3. The van der Waals surface area contributed by atoms with Crippen LogP contribution in [0.2, 0.25) is 0 Å². The topological polar surface area (TPSA) is 21.7 Å². The number of fused-ring (bicyclic) bond motifs is 1. The SMILES string of the molecule is CC(Oc1ccc2c(c1)OC(C)(C)C/C2=C/c1cccc(C(F)(F)F)c1)N(C)C.Cl. The van der Waals surface area contributed by atoms with E-state index in [1.54, 1.807) is 12.1 Å². The van der Waals surface area contributed by atoms with Crippen molar-refractivity contribution in [3.8, 4) is 11.5 Å². The Kier molecular flexibility index (Phi) is 7.15. The highest BCUT2D eigenvalue weighted by Crippen LogP contribution is 2.43. The van der Waals surface area contributed by atoms with Gasteiger partial charge in [-0.15, -0.1) is 12.4 Å². The van der Waals surface area contributed by atoms with Gasteiger partial charge in [0.2, 0.25) is 0 Å². The molecule has 1 aliphatic heterocycles. The van der Waals surface area contributed by atoms with E-state index in [0.29, 0.717) is 23.5 Å². The molecule has 7 heteroatoms. The first-order valence-corrected chi connectivity index (χ1v) is 9.49. The van der Waals surface area contributed by atoms with Gasteiger partial charge in [-0.1, -0.05) is 18.2 Å². The monoisotopic (exact) mass is 441 g/mol. The van der Waals surface area contributed by atoms with Crippen molar-refractivity contribution in [1.29, 1.82) is 0 Å². The average molecular weight is 442 g/mol. The molecule has 1 aliphatic rings. The molecule has 2 aromatic rings. The Bertz CT molecular complexity index is 923. The fourth-order valence-corrected chi connectivity index (χ4v) is 3.25. The first-order chi connectivity index (χ1) is 13.4. The number of hydrogen-bond donors (Lipinski definition) is 0. The molecule has 0 saturated carbocycles. The summed E-state index contributed by atoms with van der Waals surface area (Å²) in [6.07, 6.45) is -2.08. The fourth-order valence-electron chi connectivity index (χ4n) is 3.25. The zero-order valence-corrected chi connectivity index (χ0v) is 18.5. The van der Waals surface area contributed by atoms with E-state index in [0.717, 1.165) is 17.2 Å². The number of alkyl halides is 3. The predicted octanol–water partition coefficient (Wildman–Crippen LogP) is 6.52. The van der Waals surface area contributed by atoms with Crippen molar-refractivity contribution in [2.24, 2.45) is 0 Å². The van der Waals surface area contributed by atoms with Gasteiger partial charge in [-0.2, -0.15) is 13.2 Å². The van der Waals surface area contributed by atoms with Gasteiger partial charge in [-0.25, -0.2) is 0 Å². The Labute approximate surface area is 181 Å². The van der Waals surface area contributed by atoms with Crippen LogP contribution >= 0.6 is 12.4 Å². The third-order valence-electron chi connectivity index (χ3n) is 4.89. The first kappa shape index (κ1) is 24.1. The summed E-state index contributed by atoms with van der Waals surface area (Å²) in [7, 11) is 3.86. The minimum atomic E-state index is -4.36. The molecule has 1 unspecified atom stereocenters. The van der Waals surface area contributed by atoms with E-state index >= 15 is 0 Å². The number of ether oxygens (including phenoxy) is 2. The van der Waals surface area contributed by atoms with Gasteiger partial charge in [-0.3, -0.25) is 4.90 Å². The molecule has 3 nitrogen and oxygen atoms in total. The van der Waals surface area contributed by atoms with Crippen LogP contribution in [0.25, 0.3) is 11.6 Å². The van der Waals surface area contributed by atoms with Crippen LogP contribution in [-0.2, 0) is 6.18 Å². The Hall–Kier alpha value is -2.18. The number of nitrogens with zero attached hydrogens (tertiary/aromatic N) is 1. The van der Waals surface area contributed by atoms with Crippen molar-refractivity contribution >= 4 is 24.1 Å². The number of benzene rings is 2. The first-order valence-electron chi connectivity index (χ1n) is 9.49. The maximum atomic E-state index is 13.1. The normalized spacial score (nSPS) is 17.7. The lowest BCUT2D eigenvalue weighted by atomic mass is 9.88. The van der Waals surface area contributed by atoms with Gasteiger partial charge in [0.1, 0.15) is 23.3 Å². The molecule has 0 saturated heterocycles. The molecular weight excluding hydrogens is 415 g/mol. The van der Waals surface area contributed by atoms with Gasteiger partial charge in [0, 0.05) is 18.1 Å². The summed E-state index contributed by atoms with van der Waals surface area (Å²) in [5, 5.41) is 0. The summed E-state index contributed by atoms with van der Waals surface area (Å²) >= 11 is 0. The lowest BCUT2D eigenvalue weighted by Gasteiger charge is -2.34. The van der Waals surface area contributed by atoms with E-state index < -0.39 is 17.3 Å². The van der Waals surface area contributed by atoms with E-state index in [1.165, 1.54) is 12.1 Å². The minimum Gasteiger partial charge on any atom is -0.487 e. The van der Waals surface area contributed by atoms with E-state index in [1.807, 2.05) is 58.0 Å². The highest BCUT2D eigenvalue weighted by Gasteiger charge is 2.32. The van der Waals surface area contributed by atoms with Gasteiger partial charge in [0.25, 0.3) is 0 Å². The van der Waals surface area contributed by atoms with Gasteiger partial charge >= 0.3 is 6.18 Å². The molecule has 1 heterocycles. The van der Waals surface area contributed by atoms with Crippen LogP contribution in [0.15, 0.2) is 42.5 Å². The second kappa shape index (κ2) is 8.90. The average Bonchev–Trinajstić information content (AvgIpc) is 2.60. The summed E-state index contributed by atoms with van der Waals surface area (Å²) in [5.74, 6) is 1.35. The highest BCUT2D eigenvalue weighted by atomic mass is 35.5. The van der Waals surface area contributed by atoms with E-state index in [9.17, 15) is 13.2 Å². The van der Waals surface area contributed by atoms with Gasteiger partial charge in [0.05, 0.1) is 5.56 Å². The third-order valence-corrected chi connectivity index (χ3v) is 4.89. The molecule has 3 rings (SSSR count). The van der Waals surface area contributed by atoms with Crippen LogP contribution in [-0.4, -0.2) is 30.8 Å². The largest absolute Gasteiger partial charge is 0.487 e. The molecular formula is C23H27ClF3NO2. The lowest BCUT2D eigenvalue weighted by Crippen LogP contribution is -2.32. The number of halogens is 4. The van der Waals surface area contributed by atoms with Crippen LogP contribution in [0.5, 0.6) is 11.5 Å². The second-order valence-electron chi connectivity index (χ2n) is 8.17. The van der Waals surface area contributed by atoms with Crippen LogP contribution in [0.3, 0.4) is 0 Å². The van der Waals surface area contributed by atoms with Crippen LogP contribution < -0.4 is 9.47 Å². The standard InChI is InChI=1S/C23H26F3NO2.ClH/c1-15(27(4)5)28-19-9-10-20-17(14-22(2,3)29-21(20)13-19)11-16-7-6-8-18(12-16)23(24,25)26;/h6-13,15H,14H2,1-5H3;1H/b17-11-;. The van der Waals surface area contributed by atoms with Crippen molar-refractivity contribution in [1.82, 2.24) is 4.90 Å². The fraction of sp³-hybridized carbons (Fsp3) is 0.391. The third kappa shape index (κ3) is 5.70. The smallest absolute Gasteiger partial charge is 0.416 e. The minimum absolute atomic E-state index is 0. The number of rotatable bonds is 4. The molecule has 0 N–H and O–H groups in total. The molecule has 0 aliphatic carbocycles. The van der Waals surface area contributed by atoms with Gasteiger partial charge in [0.15, 0.2) is 0 Å². The summed E-state index contributed by atoms with van der Waals surface area (Å²) < 4.78 is 51.2. The van der Waals surface area contributed by atoms with Gasteiger partial charge < -0.3 is 9.47 Å². The van der Waals surface area contributed by atoms with Crippen molar-refractivity contribution in [2.75, 3.05) is 14.1 Å². The van der Waals surface area contributed by atoms with Gasteiger partial charge in [-0.05, 0) is 70.3 Å². The summed E-state index contributed by atoms with van der Waals surface area (Å²) in [4.78, 5) is 1.95. The van der Waals surface area contributed by atoms with Crippen molar-refractivity contribution in [3.63, 3.8) is 0 Å². The summed E-state index contributed by atoms with van der Waals surface area (Å²) in [6.45, 7) is 5.88. The molecule has 1 atom stereocenters. The molecule has 0 bridgehead atoms. The molecule has 0 aromatic heterocycles. The van der Waals surface area contributed by atoms with Crippen LogP contribution in [0.4, 0.5) is 13.2 Å². The Morgan fingerprint density at radius 3 is 2.47 bits per heavy atom. The predicted molar refractivity (Wildman–Crippen MR) is 116 cm³/mol. The highest BCUT2D eigenvalue weighted by molar-refractivity contribution is 5.86. The Balaban J connectivity index is 0.00000320. The zero-order chi connectivity index (χ0) is 21.4. The van der Waals surface area contributed by atoms with E-state index in [4.69, 9.17) is 9.47 Å². The van der Waals surface area contributed by atoms with Crippen LogP contribution in [0, 0.1) is 0 Å². The molecule has 0 radical (unpaired) electrons. The molecule has 164 valence electrons. The molecule has 30 heavy (non-hydrogen) atoms. The Morgan fingerprint density at radius 1 is 1.13 bits per heavy atom.